The van der Waals surface area contributed by atoms with Crippen LogP contribution in [-0.2, 0) is 6.54 Å². The van der Waals surface area contributed by atoms with Crippen LogP contribution < -0.4 is 0 Å². The monoisotopic (exact) mass is 334 g/mol. The van der Waals surface area contributed by atoms with E-state index in [1.54, 1.807) is 0 Å². The lowest BCUT2D eigenvalue weighted by molar-refractivity contribution is 0.244. The van der Waals surface area contributed by atoms with Crippen molar-refractivity contribution in [3.05, 3.63) is 65.9 Å². The Morgan fingerprint density at radius 3 is 2.72 bits per heavy atom. The molecule has 1 fully saturated rings. The van der Waals surface area contributed by atoms with Crippen LogP contribution in [-0.4, -0.2) is 35.9 Å². The van der Waals surface area contributed by atoms with Gasteiger partial charge in [-0.1, -0.05) is 6.07 Å². The zero-order valence-corrected chi connectivity index (χ0v) is 14.6. The van der Waals surface area contributed by atoms with E-state index < -0.39 is 0 Å². The lowest BCUT2D eigenvalue weighted by atomic mass is 10.1. The molecule has 1 aliphatic rings. The average molecular weight is 334 g/mol. The Morgan fingerprint density at radius 2 is 1.96 bits per heavy atom. The SMILES string of the molecule is Cc1ncc(CN2CCC[C@H]2c2cccc(-n3ccnc3C)n2)cn1. The maximum Gasteiger partial charge on any atom is 0.138 e. The summed E-state index contributed by atoms with van der Waals surface area (Å²) in [5.74, 6) is 2.69. The first kappa shape index (κ1) is 15.9. The summed E-state index contributed by atoms with van der Waals surface area (Å²) in [5, 5.41) is 0. The van der Waals surface area contributed by atoms with Gasteiger partial charge in [-0.2, -0.15) is 0 Å². The topological polar surface area (TPSA) is 59.7 Å². The first-order valence-electron chi connectivity index (χ1n) is 8.69. The molecule has 3 aromatic rings. The molecule has 6 nitrogen and oxygen atoms in total. The maximum absolute atomic E-state index is 4.91. The second kappa shape index (κ2) is 6.72. The predicted molar refractivity (Wildman–Crippen MR) is 95.3 cm³/mol. The van der Waals surface area contributed by atoms with Crippen molar-refractivity contribution < 1.29 is 0 Å². The van der Waals surface area contributed by atoms with E-state index in [-0.39, 0.29) is 0 Å². The maximum atomic E-state index is 4.91. The van der Waals surface area contributed by atoms with E-state index in [1.165, 1.54) is 6.42 Å². The number of nitrogens with zero attached hydrogens (tertiary/aromatic N) is 6. The van der Waals surface area contributed by atoms with Crippen molar-refractivity contribution in [1.82, 2.24) is 29.4 Å². The van der Waals surface area contributed by atoms with Crippen molar-refractivity contribution in [3.63, 3.8) is 0 Å². The van der Waals surface area contributed by atoms with Gasteiger partial charge in [0.25, 0.3) is 0 Å². The molecule has 0 bridgehead atoms. The average Bonchev–Trinajstić information content (AvgIpc) is 3.26. The Bertz CT molecular complexity index is 854. The Labute approximate surface area is 147 Å². The first-order chi connectivity index (χ1) is 12.2. The fourth-order valence-electron chi connectivity index (χ4n) is 3.47. The van der Waals surface area contributed by atoms with E-state index in [4.69, 9.17) is 4.98 Å². The molecule has 1 aliphatic heterocycles. The number of hydrogen-bond donors (Lipinski definition) is 0. The summed E-state index contributed by atoms with van der Waals surface area (Å²) >= 11 is 0. The molecule has 0 N–H and O–H groups in total. The normalized spacial score (nSPS) is 17.9. The third-order valence-electron chi connectivity index (χ3n) is 4.75. The molecule has 128 valence electrons. The minimum atomic E-state index is 0.338. The van der Waals surface area contributed by atoms with Crippen LogP contribution in [0.4, 0.5) is 0 Å². The van der Waals surface area contributed by atoms with Crippen molar-refractivity contribution >= 4 is 0 Å². The van der Waals surface area contributed by atoms with E-state index in [2.05, 4.69) is 32.0 Å². The minimum Gasteiger partial charge on any atom is -0.290 e. The van der Waals surface area contributed by atoms with Crippen molar-refractivity contribution in [2.24, 2.45) is 0 Å². The minimum absolute atomic E-state index is 0.338. The Morgan fingerprint density at radius 1 is 1.12 bits per heavy atom. The molecule has 0 aromatic carbocycles. The van der Waals surface area contributed by atoms with Gasteiger partial charge in [-0.3, -0.25) is 9.47 Å². The lowest BCUT2D eigenvalue weighted by Crippen LogP contribution is -2.24. The number of likely N-dealkylation sites (tertiary alicyclic amines) is 1. The molecule has 0 spiro atoms. The number of hydrogen-bond acceptors (Lipinski definition) is 5. The standard InChI is InChI=1S/C19H22N6/c1-14-21-11-16(12-22-14)13-24-9-4-6-18(24)17-5-3-7-19(23-17)25-10-8-20-15(25)2/h3,5,7-8,10-12,18H,4,6,9,13H2,1-2H3/t18-/m0/s1. The Hall–Kier alpha value is -2.60. The van der Waals surface area contributed by atoms with Gasteiger partial charge in [0.1, 0.15) is 17.5 Å². The van der Waals surface area contributed by atoms with Crippen LogP contribution in [0.15, 0.2) is 43.0 Å². The molecule has 0 unspecified atom stereocenters. The molecule has 0 saturated carbocycles. The summed E-state index contributed by atoms with van der Waals surface area (Å²) < 4.78 is 2.02. The quantitative estimate of drug-likeness (QED) is 0.734. The molecule has 6 heteroatoms. The molecule has 0 amide bonds. The van der Waals surface area contributed by atoms with E-state index >= 15 is 0 Å². The van der Waals surface area contributed by atoms with Crippen LogP contribution in [0.1, 0.15) is 41.8 Å². The van der Waals surface area contributed by atoms with Crippen molar-refractivity contribution in [2.45, 2.75) is 39.3 Å². The molecule has 1 atom stereocenters. The number of pyridine rings is 1. The summed E-state index contributed by atoms with van der Waals surface area (Å²) in [7, 11) is 0. The van der Waals surface area contributed by atoms with Gasteiger partial charge < -0.3 is 0 Å². The summed E-state index contributed by atoms with van der Waals surface area (Å²) in [4.78, 5) is 20.3. The largest absolute Gasteiger partial charge is 0.290 e. The molecule has 3 aromatic heterocycles. The number of rotatable bonds is 4. The third-order valence-corrected chi connectivity index (χ3v) is 4.75. The molecule has 0 radical (unpaired) electrons. The van der Waals surface area contributed by atoms with E-state index in [9.17, 15) is 0 Å². The van der Waals surface area contributed by atoms with E-state index in [0.29, 0.717) is 6.04 Å². The van der Waals surface area contributed by atoms with Crippen molar-refractivity contribution in [3.8, 4) is 5.82 Å². The molecular formula is C19H22N6. The number of aromatic nitrogens is 5. The highest BCUT2D eigenvalue weighted by molar-refractivity contribution is 5.28. The van der Waals surface area contributed by atoms with Crippen molar-refractivity contribution in [1.29, 1.82) is 0 Å². The first-order valence-corrected chi connectivity index (χ1v) is 8.69. The van der Waals surface area contributed by atoms with Gasteiger partial charge in [0.2, 0.25) is 0 Å². The summed E-state index contributed by atoms with van der Waals surface area (Å²) in [6, 6.07) is 6.59. The van der Waals surface area contributed by atoms with Gasteiger partial charge in [0.15, 0.2) is 0 Å². The molecule has 4 heterocycles. The van der Waals surface area contributed by atoms with Gasteiger partial charge >= 0.3 is 0 Å². The highest BCUT2D eigenvalue weighted by Gasteiger charge is 2.27. The third kappa shape index (κ3) is 3.30. The van der Waals surface area contributed by atoms with Gasteiger partial charge in [-0.05, 0) is 45.4 Å². The summed E-state index contributed by atoms with van der Waals surface area (Å²) in [6.45, 7) is 5.85. The highest BCUT2D eigenvalue weighted by Crippen LogP contribution is 2.32. The highest BCUT2D eigenvalue weighted by atomic mass is 15.2. The smallest absolute Gasteiger partial charge is 0.138 e. The molecule has 4 rings (SSSR count). The fourth-order valence-corrected chi connectivity index (χ4v) is 3.47. The fraction of sp³-hybridized carbons (Fsp3) is 0.368. The zero-order valence-electron chi connectivity index (χ0n) is 14.6. The lowest BCUT2D eigenvalue weighted by Gasteiger charge is -2.24. The van der Waals surface area contributed by atoms with Crippen LogP contribution in [0.2, 0.25) is 0 Å². The van der Waals surface area contributed by atoms with Crippen LogP contribution in [0.25, 0.3) is 5.82 Å². The Kier molecular flexibility index (Phi) is 4.28. The summed E-state index contributed by atoms with van der Waals surface area (Å²) in [6.07, 6.45) is 9.94. The second-order valence-corrected chi connectivity index (χ2v) is 6.53. The number of imidazole rings is 1. The van der Waals surface area contributed by atoms with Gasteiger partial charge in [-0.25, -0.2) is 19.9 Å². The van der Waals surface area contributed by atoms with Crippen molar-refractivity contribution in [2.75, 3.05) is 6.54 Å². The molecule has 1 saturated heterocycles. The van der Waals surface area contributed by atoms with Crippen LogP contribution in [0, 0.1) is 13.8 Å². The zero-order chi connectivity index (χ0) is 17.2. The Balaban J connectivity index is 1.58. The number of aryl methyl sites for hydroxylation is 2. The van der Waals surface area contributed by atoms with Crippen LogP contribution in [0.5, 0.6) is 0 Å². The van der Waals surface area contributed by atoms with Crippen LogP contribution >= 0.6 is 0 Å². The van der Waals surface area contributed by atoms with Gasteiger partial charge in [-0.15, -0.1) is 0 Å². The molecule has 0 aliphatic carbocycles. The summed E-state index contributed by atoms with van der Waals surface area (Å²) in [5.41, 5.74) is 2.27. The van der Waals surface area contributed by atoms with Crippen LogP contribution in [0.3, 0.4) is 0 Å². The van der Waals surface area contributed by atoms with Gasteiger partial charge in [0, 0.05) is 36.9 Å². The predicted octanol–water partition coefficient (Wildman–Crippen LogP) is 3.01. The molecular weight excluding hydrogens is 312 g/mol. The molecule has 25 heavy (non-hydrogen) atoms. The van der Waals surface area contributed by atoms with Gasteiger partial charge in [0.05, 0.1) is 11.7 Å². The van der Waals surface area contributed by atoms with E-state index in [1.807, 2.05) is 49.3 Å². The second-order valence-electron chi connectivity index (χ2n) is 6.53. The van der Waals surface area contributed by atoms with E-state index in [0.717, 1.165) is 48.2 Å².